The van der Waals surface area contributed by atoms with Crippen LogP contribution in [0.5, 0.6) is 0 Å². The lowest BCUT2D eigenvalue weighted by atomic mass is 9.94. The molecule has 1 saturated heterocycles. The van der Waals surface area contributed by atoms with Gasteiger partial charge in [-0.05, 0) is 41.8 Å². The predicted octanol–water partition coefficient (Wildman–Crippen LogP) is 4.98. The van der Waals surface area contributed by atoms with Gasteiger partial charge in [-0.1, -0.05) is 48.0 Å². The van der Waals surface area contributed by atoms with Crippen molar-refractivity contribution in [3.05, 3.63) is 110 Å². The average Bonchev–Trinajstić information content (AvgIpc) is 3.13. The molecule has 1 amide bonds. The van der Waals surface area contributed by atoms with Gasteiger partial charge < -0.3 is 14.9 Å². The second-order valence-corrected chi connectivity index (χ2v) is 9.10. The number of ketones is 1. The van der Waals surface area contributed by atoms with Crippen molar-refractivity contribution >= 4 is 40.4 Å². The second kappa shape index (κ2) is 10.2. The normalized spacial score (nSPS) is 16.9. The van der Waals surface area contributed by atoms with Crippen molar-refractivity contribution in [3.63, 3.8) is 0 Å². The number of amides is 1. The fourth-order valence-electron chi connectivity index (χ4n) is 4.23. The third-order valence-corrected chi connectivity index (χ3v) is 6.40. The molecule has 1 heterocycles. The number of non-ortho nitro benzene ring substituents is 1. The van der Waals surface area contributed by atoms with E-state index in [2.05, 4.69) is 0 Å². The van der Waals surface area contributed by atoms with Gasteiger partial charge in [0.05, 0.1) is 16.5 Å². The smallest absolute Gasteiger partial charge is 0.295 e. The molecule has 0 bridgehead atoms. The van der Waals surface area contributed by atoms with E-state index in [1.54, 1.807) is 12.1 Å². The zero-order chi connectivity index (χ0) is 26.0. The number of benzene rings is 3. The maximum atomic E-state index is 13.2. The highest BCUT2D eigenvalue weighted by molar-refractivity contribution is 6.46. The highest BCUT2D eigenvalue weighted by atomic mass is 35.5. The van der Waals surface area contributed by atoms with Crippen LogP contribution in [0.1, 0.15) is 22.7 Å². The molecule has 36 heavy (non-hydrogen) atoms. The summed E-state index contributed by atoms with van der Waals surface area (Å²) in [7, 11) is 3.80. The third-order valence-electron chi connectivity index (χ3n) is 6.15. The summed E-state index contributed by atoms with van der Waals surface area (Å²) in [5, 5.41) is 23.0. The Morgan fingerprint density at radius 1 is 1.06 bits per heavy atom. The Balaban J connectivity index is 1.79. The van der Waals surface area contributed by atoms with Crippen molar-refractivity contribution in [1.29, 1.82) is 0 Å². The number of aliphatic hydroxyl groups is 1. The Morgan fingerprint density at radius 3 is 2.33 bits per heavy atom. The molecule has 184 valence electrons. The number of nitro groups is 1. The van der Waals surface area contributed by atoms with Gasteiger partial charge in [-0.15, -0.1) is 0 Å². The number of Topliss-reactive ketones (excluding diaryl/α,β-unsaturated/α-hetero) is 1. The first-order valence-corrected chi connectivity index (χ1v) is 11.6. The maximum absolute atomic E-state index is 13.2. The minimum Gasteiger partial charge on any atom is -0.507 e. The number of anilines is 1. The zero-order valence-electron chi connectivity index (χ0n) is 19.7. The van der Waals surface area contributed by atoms with E-state index < -0.39 is 28.4 Å². The fraction of sp³-hybridized carbons (Fsp3) is 0.185. The molecule has 8 nitrogen and oxygen atoms in total. The third kappa shape index (κ3) is 4.94. The first-order chi connectivity index (χ1) is 17.2. The molecule has 0 aliphatic carbocycles. The Hall–Kier alpha value is -4.17. The van der Waals surface area contributed by atoms with Gasteiger partial charge in [0.1, 0.15) is 5.76 Å². The van der Waals surface area contributed by atoms with Gasteiger partial charge >= 0.3 is 0 Å². The molecule has 4 rings (SSSR count). The van der Waals surface area contributed by atoms with Crippen LogP contribution in [0, 0.1) is 10.1 Å². The number of nitrogens with zero attached hydrogens (tertiary/aromatic N) is 3. The number of carbonyl (C=O) groups is 2. The molecule has 3 aromatic rings. The minimum atomic E-state index is -0.854. The van der Waals surface area contributed by atoms with Gasteiger partial charge in [0.2, 0.25) is 0 Å². The van der Waals surface area contributed by atoms with Gasteiger partial charge in [0.25, 0.3) is 17.4 Å². The molecule has 1 aliphatic rings. The minimum absolute atomic E-state index is 0.0924. The van der Waals surface area contributed by atoms with E-state index in [1.807, 2.05) is 55.4 Å². The van der Waals surface area contributed by atoms with Crippen molar-refractivity contribution < 1.29 is 19.6 Å². The summed E-state index contributed by atoms with van der Waals surface area (Å²) in [5.41, 5.74) is 2.26. The molecule has 1 unspecified atom stereocenters. The number of rotatable bonds is 7. The molecule has 9 heteroatoms. The number of hydrogen-bond donors (Lipinski definition) is 1. The second-order valence-electron chi connectivity index (χ2n) is 8.66. The van der Waals surface area contributed by atoms with E-state index >= 15 is 0 Å². The Morgan fingerprint density at radius 2 is 1.72 bits per heavy atom. The highest BCUT2D eigenvalue weighted by Gasteiger charge is 2.45. The van der Waals surface area contributed by atoms with Gasteiger partial charge in [-0.3, -0.25) is 19.7 Å². The van der Waals surface area contributed by atoms with Crippen LogP contribution in [0.25, 0.3) is 5.76 Å². The lowest BCUT2D eigenvalue weighted by molar-refractivity contribution is -0.384. The van der Waals surface area contributed by atoms with E-state index in [0.29, 0.717) is 17.0 Å². The topological polar surface area (TPSA) is 104 Å². The number of aliphatic hydroxyl groups excluding tert-OH is 1. The summed E-state index contributed by atoms with van der Waals surface area (Å²) in [6.07, 6.45) is 0.466. The van der Waals surface area contributed by atoms with Crippen molar-refractivity contribution in [2.24, 2.45) is 0 Å². The first-order valence-electron chi connectivity index (χ1n) is 11.2. The van der Waals surface area contributed by atoms with E-state index in [-0.39, 0.29) is 23.4 Å². The average molecular weight is 506 g/mol. The first kappa shape index (κ1) is 24.9. The predicted molar refractivity (Wildman–Crippen MR) is 138 cm³/mol. The van der Waals surface area contributed by atoms with E-state index in [0.717, 1.165) is 11.3 Å². The summed E-state index contributed by atoms with van der Waals surface area (Å²) in [4.78, 5) is 40.4. The Labute approximate surface area is 213 Å². The van der Waals surface area contributed by atoms with Crippen LogP contribution >= 0.6 is 11.6 Å². The SMILES string of the molecule is CN(C)c1ccc(C2/C(=C(/O)c3cccc([N+](=O)[O-])c3)C(=O)C(=O)N2CCc2ccc(Cl)cc2)cc1. The lowest BCUT2D eigenvalue weighted by Crippen LogP contribution is -2.31. The van der Waals surface area contributed by atoms with Crippen molar-refractivity contribution in [2.45, 2.75) is 12.5 Å². The molecule has 3 aromatic carbocycles. The number of hydrogen-bond acceptors (Lipinski definition) is 6. The molecule has 0 aromatic heterocycles. The summed E-state index contributed by atoms with van der Waals surface area (Å²) in [6, 6.07) is 19.1. The molecule has 1 atom stereocenters. The standard InChI is InChI=1S/C27H24ClN3O5/c1-29(2)21-12-8-18(9-13-21)24-23(25(32)19-4-3-5-22(16-19)31(35)36)26(33)27(34)30(24)15-14-17-6-10-20(28)11-7-17/h3-13,16,24,32H,14-15H2,1-2H3/b25-23-. The van der Waals surface area contributed by atoms with Crippen LogP contribution in [0.3, 0.4) is 0 Å². The Bertz CT molecular complexity index is 1350. The molecule has 0 saturated carbocycles. The summed E-state index contributed by atoms with van der Waals surface area (Å²) < 4.78 is 0. The molecule has 1 fully saturated rings. The highest BCUT2D eigenvalue weighted by Crippen LogP contribution is 2.40. The summed E-state index contributed by atoms with van der Waals surface area (Å²) in [6.45, 7) is 0.220. The van der Waals surface area contributed by atoms with E-state index in [9.17, 15) is 24.8 Å². The quantitative estimate of drug-likeness (QED) is 0.160. The van der Waals surface area contributed by atoms with Crippen LogP contribution in [0.2, 0.25) is 5.02 Å². The molecule has 0 radical (unpaired) electrons. The molecular weight excluding hydrogens is 482 g/mol. The van der Waals surface area contributed by atoms with Crippen LogP contribution in [0.4, 0.5) is 11.4 Å². The molecule has 0 spiro atoms. The maximum Gasteiger partial charge on any atom is 0.295 e. The van der Waals surface area contributed by atoms with Crippen LogP contribution in [0.15, 0.2) is 78.4 Å². The lowest BCUT2D eigenvalue weighted by Gasteiger charge is -2.26. The number of carbonyl (C=O) groups excluding carboxylic acids is 2. The van der Waals surface area contributed by atoms with Gasteiger partial charge in [0, 0.05) is 49.0 Å². The van der Waals surface area contributed by atoms with Gasteiger partial charge in [-0.2, -0.15) is 0 Å². The molecular formula is C27H24ClN3O5. The largest absolute Gasteiger partial charge is 0.507 e. The summed E-state index contributed by atoms with van der Waals surface area (Å²) >= 11 is 5.97. The fourth-order valence-corrected chi connectivity index (χ4v) is 4.36. The van der Waals surface area contributed by atoms with E-state index in [1.165, 1.54) is 29.2 Å². The molecule has 1 N–H and O–H groups in total. The van der Waals surface area contributed by atoms with Crippen molar-refractivity contribution in [1.82, 2.24) is 4.90 Å². The van der Waals surface area contributed by atoms with Crippen molar-refractivity contribution in [3.8, 4) is 0 Å². The monoisotopic (exact) mass is 505 g/mol. The Kier molecular flexibility index (Phi) is 7.07. The van der Waals surface area contributed by atoms with Crippen LogP contribution in [-0.4, -0.2) is 47.3 Å². The van der Waals surface area contributed by atoms with E-state index in [4.69, 9.17) is 11.6 Å². The van der Waals surface area contributed by atoms with Gasteiger partial charge in [0.15, 0.2) is 0 Å². The molecule has 1 aliphatic heterocycles. The number of likely N-dealkylation sites (tertiary alicyclic amines) is 1. The van der Waals surface area contributed by atoms with Gasteiger partial charge in [-0.25, -0.2) is 0 Å². The summed E-state index contributed by atoms with van der Waals surface area (Å²) in [5.74, 6) is -2.03. The van der Waals surface area contributed by atoms with Crippen LogP contribution < -0.4 is 4.90 Å². The van der Waals surface area contributed by atoms with Crippen molar-refractivity contribution in [2.75, 3.05) is 25.5 Å². The zero-order valence-corrected chi connectivity index (χ0v) is 20.5. The number of halogens is 1. The van der Waals surface area contributed by atoms with Crippen LogP contribution in [-0.2, 0) is 16.0 Å². The number of nitro benzene ring substituents is 1.